The van der Waals surface area contributed by atoms with E-state index in [4.69, 9.17) is 5.11 Å². The zero-order valence-corrected chi connectivity index (χ0v) is 13.0. The molecular formula is C16H19N3O3. The van der Waals surface area contributed by atoms with Gasteiger partial charge in [0.05, 0.1) is 11.3 Å². The molecule has 1 aromatic carbocycles. The molecule has 116 valence electrons. The van der Waals surface area contributed by atoms with Crippen molar-refractivity contribution in [1.82, 2.24) is 9.78 Å². The lowest BCUT2D eigenvalue weighted by Crippen LogP contribution is -2.16. The fourth-order valence-corrected chi connectivity index (χ4v) is 2.16. The Labute approximate surface area is 128 Å². The second kappa shape index (κ2) is 6.01. The number of hydrogen-bond donors (Lipinski definition) is 2. The zero-order valence-electron chi connectivity index (χ0n) is 13.0. The largest absolute Gasteiger partial charge is 0.478 e. The highest BCUT2D eigenvalue weighted by molar-refractivity contribution is 6.03. The molecule has 0 aliphatic carbocycles. The Kier molecular flexibility index (Phi) is 4.30. The summed E-state index contributed by atoms with van der Waals surface area (Å²) in [5.74, 6) is -1.02. The quantitative estimate of drug-likeness (QED) is 0.909. The van der Waals surface area contributed by atoms with Crippen LogP contribution in [0, 0.1) is 6.92 Å². The maximum Gasteiger partial charge on any atom is 0.335 e. The Bertz CT molecular complexity index is 732. The van der Waals surface area contributed by atoms with Crippen molar-refractivity contribution >= 4 is 17.6 Å². The van der Waals surface area contributed by atoms with Gasteiger partial charge in [-0.15, -0.1) is 0 Å². The highest BCUT2D eigenvalue weighted by Gasteiger charge is 2.16. The van der Waals surface area contributed by atoms with Crippen molar-refractivity contribution in [2.24, 2.45) is 7.05 Å². The molecule has 2 rings (SSSR count). The van der Waals surface area contributed by atoms with Gasteiger partial charge in [-0.1, -0.05) is 13.8 Å². The molecule has 1 aromatic heterocycles. The minimum absolute atomic E-state index is 0.223. The molecule has 0 aliphatic heterocycles. The first-order valence-electron chi connectivity index (χ1n) is 6.99. The number of nitrogens with zero attached hydrogens (tertiary/aromatic N) is 2. The second-order valence-electron chi connectivity index (χ2n) is 5.52. The van der Waals surface area contributed by atoms with Gasteiger partial charge < -0.3 is 10.4 Å². The summed E-state index contributed by atoms with van der Waals surface area (Å²) in [7, 11) is 1.72. The van der Waals surface area contributed by atoms with E-state index in [2.05, 4.69) is 10.4 Å². The molecule has 0 aliphatic rings. The standard InChI is InChI=1S/C16H19N3O3/c1-9(2)13-8-14(19(4)18-13)15(20)17-11-5-6-12(16(21)22)10(3)7-11/h5-9H,1-4H3,(H,17,20)(H,21,22). The summed E-state index contributed by atoms with van der Waals surface area (Å²) in [6, 6.07) is 6.46. The van der Waals surface area contributed by atoms with Gasteiger partial charge in [-0.3, -0.25) is 9.48 Å². The lowest BCUT2D eigenvalue weighted by molar-refractivity contribution is 0.0696. The fourth-order valence-electron chi connectivity index (χ4n) is 2.16. The summed E-state index contributed by atoms with van der Waals surface area (Å²) >= 11 is 0. The monoisotopic (exact) mass is 301 g/mol. The van der Waals surface area contributed by atoms with Crippen molar-refractivity contribution in [3.63, 3.8) is 0 Å². The lowest BCUT2D eigenvalue weighted by Gasteiger charge is -2.07. The third-order valence-corrected chi connectivity index (χ3v) is 3.44. The average molecular weight is 301 g/mol. The average Bonchev–Trinajstić information content (AvgIpc) is 2.80. The molecule has 6 heteroatoms. The molecule has 0 saturated carbocycles. The molecule has 2 aromatic rings. The number of carbonyl (C=O) groups excluding carboxylic acids is 1. The van der Waals surface area contributed by atoms with Crippen molar-refractivity contribution < 1.29 is 14.7 Å². The summed E-state index contributed by atoms with van der Waals surface area (Å²) in [5.41, 5.74) is 2.69. The number of aromatic nitrogens is 2. The molecule has 0 radical (unpaired) electrons. The Morgan fingerprint density at radius 2 is 1.95 bits per heavy atom. The van der Waals surface area contributed by atoms with Crippen LogP contribution < -0.4 is 5.32 Å². The van der Waals surface area contributed by atoms with Crippen molar-refractivity contribution in [3.05, 3.63) is 46.8 Å². The van der Waals surface area contributed by atoms with Gasteiger partial charge in [0.25, 0.3) is 5.91 Å². The van der Waals surface area contributed by atoms with Crippen LogP contribution in [-0.2, 0) is 7.05 Å². The van der Waals surface area contributed by atoms with Crippen LogP contribution in [0.15, 0.2) is 24.3 Å². The van der Waals surface area contributed by atoms with Crippen LogP contribution >= 0.6 is 0 Å². The summed E-state index contributed by atoms with van der Waals surface area (Å²) < 4.78 is 1.54. The first-order valence-corrected chi connectivity index (χ1v) is 6.99. The Morgan fingerprint density at radius 1 is 1.27 bits per heavy atom. The number of carboxylic acids is 1. The first-order chi connectivity index (χ1) is 10.3. The van der Waals surface area contributed by atoms with Crippen molar-refractivity contribution in [1.29, 1.82) is 0 Å². The van der Waals surface area contributed by atoms with Gasteiger partial charge in [-0.25, -0.2) is 4.79 Å². The third-order valence-electron chi connectivity index (χ3n) is 3.44. The Hall–Kier alpha value is -2.63. The fraction of sp³-hybridized carbons (Fsp3) is 0.312. The molecule has 1 amide bonds. The maximum absolute atomic E-state index is 12.3. The zero-order chi connectivity index (χ0) is 16.4. The molecule has 0 bridgehead atoms. The normalized spacial score (nSPS) is 10.8. The van der Waals surface area contributed by atoms with E-state index in [1.54, 1.807) is 36.9 Å². The van der Waals surface area contributed by atoms with Crippen LogP contribution in [0.5, 0.6) is 0 Å². The van der Waals surface area contributed by atoms with Crippen molar-refractivity contribution in [3.8, 4) is 0 Å². The van der Waals surface area contributed by atoms with Gasteiger partial charge in [-0.05, 0) is 42.7 Å². The minimum Gasteiger partial charge on any atom is -0.478 e. The van der Waals surface area contributed by atoms with Crippen LogP contribution in [-0.4, -0.2) is 26.8 Å². The highest BCUT2D eigenvalue weighted by atomic mass is 16.4. The van der Waals surface area contributed by atoms with Crippen LogP contribution in [0.4, 0.5) is 5.69 Å². The highest BCUT2D eigenvalue weighted by Crippen LogP contribution is 2.18. The molecule has 0 fully saturated rings. The number of aromatic carboxylic acids is 1. The van der Waals surface area contributed by atoms with Crippen molar-refractivity contribution in [2.45, 2.75) is 26.7 Å². The minimum atomic E-state index is -0.983. The number of carboxylic acid groups (broad SMARTS) is 1. The number of rotatable bonds is 4. The van der Waals surface area contributed by atoms with E-state index in [1.165, 1.54) is 6.07 Å². The molecule has 0 unspecified atom stereocenters. The lowest BCUT2D eigenvalue weighted by atomic mass is 10.1. The molecule has 6 nitrogen and oxygen atoms in total. The van der Waals surface area contributed by atoms with E-state index in [1.807, 2.05) is 13.8 Å². The topological polar surface area (TPSA) is 84.2 Å². The smallest absolute Gasteiger partial charge is 0.335 e. The van der Waals surface area contributed by atoms with Crippen LogP contribution in [0.3, 0.4) is 0 Å². The van der Waals surface area contributed by atoms with Gasteiger partial charge in [0.1, 0.15) is 5.69 Å². The van der Waals surface area contributed by atoms with Crippen LogP contribution in [0.25, 0.3) is 0 Å². The molecule has 22 heavy (non-hydrogen) atoms. The number of carbonyl (C=O) groups is 2. The Morgan fingerprint density at radius 3 is 2.45 bits per heavy atom. The van der Waals surface area contributed by atoms with Gasteiger partial charge in [-0.2, -0.15) is 5.10 Å². The summed E-state index contributed by atoms with van der Waals surface area (Å²) in [4.78, 5) is 23.3. The van der Waals surface area contributed by atoms with Gasteiger partial charge in [0.2, 0.25) is 0 Å². The molecule has 0 atom stereocenters. The maximum atomic E-state index is 12.3. The van der Waals surface area contributed by atoms with Gasteiger partial charge >= 0.3 is 5.97 Å². The van der Waals surface area contributed by atoms with E-state index >= 15 is 0 Å². The Balaban J connectivity index is 2.22. The predicted octanol–water partition coefficient (Wildman–Crippen LogP) is 2.80. The van der Waals surface area contributed by atoms with Crippen molar-refractivity contribution in [2.75, 3.05) is 5.32 Å². The van der Waals surface area contributed by atoms with E-state index in [9.17, 15) is 9.59 Å². The van der Waals surface area contributed by atoms with E-state index in [0.29, 0.717) is 16.9 Å². The number of hydrogen-bond acceptors (Lipinski definition) is 3. The summed E-state index contributed by atoms with van der Waals surface area (Å²) in [5, 5.41) is 16.1. The number of anilines is 1. The molecule has 1 heterocycles. The summed E-state index contributed by atoms with van der Waals surface area (Å²) in [6.07, 6.45) is 0. The molecule has 2 N–H and O–H groups in total. The molecular weight excluding hydrogens is 282 g/mol. The van der Waals surface area contributed by atoms with E-state index in [0.717, 1.165) is 5.69 Å². The summed E-state index contributed by atoms with van der Waals surface area (Å²) in [6.45, 7) is 5.72. The second-order valence-corrected chi connectivity index (χ2v) is 5.52. The van der Waals surface area contributed by atoms with Gasteiger partial charge in [0, 0.05) is 12.7 Å². The van der Waals surface area contributed by atoms with E-state index in [-0.39, 0.29) is 17.4 Å². The van der Waals surface area contributed by atoms with E-state index < -0.39 is 5.97 Å². The number of nitrogens with one attached hydrogen (secondary N) is 1. The third kappa shape index (κ3) is 3.16. The van der Waals surface area contributed by atoms with Gasteiger partial charge in [0.15, 0.2) is 0 Å². The number of amides is 1. The molecule has 0 spiro atoms. The predicted molar refractivity (Wildman–Crippen MR) is 83.4 cm³/mol. The first kappa shape index (κ1) is 15.8. The SMILES string of the molecule is Cc1cc(NC(=O)c2cc(C(C)C)nn2C)ccc1C(=O)O. The van der Waals surface area contributed by atoms with Crippen LogP contribution in [0.1, 0.15) is 51.9 Å². The van der Waals surface area contributed by atoms with Crippen LogP contribution in [0.2, 0.25) is 0 Å². The number of benzene rings is 1. The molecule has 0 saturated heterocycles. The number of aryl methyl sites for hydroxylation is 2.